The van der Waals surface area contributed by atoms with E-state index in [0.29, 0.717) is 5.02 Å². The fraction of sp³-hybridized carbons (Fsp3) is 0. The Balaban J connectivity index is 2.86. The minimum absolute atomic E-state index is 0.0183. The van der Waals surface area contributed by atoms with Crippen LogP contribution in [0.3, 0.4) is 0 Å². The number of halogens is 1. The quantitative estimate of drug-likeness (QED) is 0.675. The van der Waals surface area contributed by atoms with E-state index in [-0.39, 0.29) is 5.88 Å². The lowest BCUT2D eigenvalue weighted by Gasteiger charge is -1.98. The molecule has 0 bridgehead atoms. The molecule has 2 nitrogen and oxygen atoms in total. The van der Waals surface area contributed by atoms with E-state index in [9.17, 15) is 0 Å². The molecule has 0 saturated carbocycles. The number of benzene rings is 1. The minimum atomic E-state index is 0.0183. The molecule has 3 heteroatoms. The number of aromatic nitrogens is 1. The fourth-order valence-electron chi connectivity index (χ4n) is 1.12. The van der Waals surface area contributed by atoms with Crippen molar-refractivity contribution in [1.29, 1.82) is 0 Å². The monoisotopic (exact) mass is 179 g/mol. The van der Waals surface area contributed by atoms with Crippen molar-refractivity contribution in [1.82, 2.24) is 4.98 Å². The van der Waals surface area contributed by atoms with Gasteiger partial charge in [-0.15, -0.1) is 0 Å². The van der Waals surface area contributed by atoms with Crippen LogP contribution in [-0.2, 0) is 0 Å². The van der Waals surface area contributed by atoms with Crippen LogP contribution in [0.25, 0.3) is 10.8 Å². The molecule has 1 aromatic carbocycles. The molecule has 0 spiro atoms. The Bertz CT molecular complexity index is 428. The molecule has 2 rings (SSSR count). The lowest BCUT2D eigenvalue weighted by atomic mass is 10.2. The van der Waals surface area contributed by atoms with Crippen LogP contribution < -0.4 is 0 Å². The summed E-state index contributed by atoms with van der Waals surface area (Å²) in [4.78, 5) is 3.74. The summed E-state index contributed by atoms with van der Waals surface area (Å²) in [5.74, 6) is 0.0183. The molecule has 0 aliphatic heterocycles. The molecule has 0 unspecified atom stereocenters. The molecule has 0 amide bonds. The summed E-state index contributed by atoms with van der Waals surface area (Å²) in [5, 5.41) is 11.5. The van der Waals surface area contributed by atoms with Crippen LogP contribution in [0.4, 0.5) is 0 Å². The van der Waals surface area contributed by atoms with Crippen LogP contribution >= 0.6 is 11.6 Å². The molecule has 0 fully saturated rings. The van der Waals surface area contributed by atoms with Crippen molar-refractivity contribution in [3.8, 4) is 5.88 Å². The largest absolute Gasteiger partial charge is 0.493 e. The van der Waals surface area contributed by atoms with Gasteiger partial charge in [0.25, 0.3) is 0 Å². The molecule has 0 radical (unpaired) electrons. The second-order valence-corrected chi connectivity index (χ2v) is 2.91. The maximum Gasteiger partial charge on any atom is 0.211 e. The Morgan fingerprint density at radius 3 is 3.00 bits per heavy atom. The third-order valence-corrected chi connectivity index (χ3v) is 2.03. The number of rotatable bonds is 0. The Hall–Kier alpha value is -1.28. The predicted octanol–water partition coefficient (Wildman–Crippen LogP) is 2.59. The van der Waals surface area contributed by atoms with E-state index in [1.165, 1.54) is 0 Å². The molecule has 0 saturated heterocycles. The van der Waals surface area contributed by atoms with Crippen LogP contribution in [0.1, 0.15) is 0 Å². The SMILES string of the molecule is Oc1cc2cccc(Cl)c2cn1. The first-order valence-corrected chi connectivity index (χ1v) is 3.88. The molecular weight excluding hydrogens is 174 g/mol. The first-order chi connectivity index (χ1) is 5.77. The van der Waals surface area contributed by atoms with Gasteiger partial charge in [0.1, 0.15) is 0 Å². The number of pyridine rings is 1. The van der Waals surface area contributed by atoms with Crippen molar-refractivity contribution in [3.05, 3.63) is 35.5 Å². The molecule has 2 aromatic rings. The van der Waals surface area contributed by atoms with Crippen molar-refractivity contribution in [2.45, 2.75) is 0 Å². The van der Waals surface area contributed by atoms with Gasteiger partial charge in [-0.05, 0) is 11.5 Å². The average Bonchev–Trinajstić information content (AvgIpc) is 2.04. The van der Waals surface area contributed by atoms with Gasteiger partial charge in [0.15, 0.2) is 0 Å². The average molecular weight is 180 g/mol. The van der Waals surface area contributed by atoms with Gasteiger partial charge < -0.3 is 5.11 Å². The summed E-state index contributed by atoms with van der Waals surface area (Å²) in [6.45, 7) is 0. The Morgan fingerprint density at radius 1 is 1.33 bits per heavy atom. The van der Waals surface area contributed by atoms with Gasteiger partial charge in [0, 0.05) is 22.7 Å². The summed E-state index contributed by atoms with van der Waals surface area (Å²) in [6, 6.07) is 7.09. The van der Waals surface area contributed by atoms with Crippen LogP contribution in [-0.4, -0.2) is 10.1 Å². The van der Waals surface area contributed by atoms with E-state index in [4.69, 9.17) is 16.7 Å². The summed E-state index contributed by atoms with van der Waals surface area (Å²) in [6.07, 6.45) is 1.56. The van der Waals surface area contributed by atoms with Gasteiger partial charge in [0.2, 0.25) is 5.88 Å². The summed E-state index contributed by atoms with van der Waals surface area (Å²) in [7, 11) is 0. The first-order valence-electron chi connectivity index (χ1n) is 3.50. The summed E-state index contributed by atoms with van der Waals surface area (Å²) >= 11 is 5.89. The molecule has 1 N–H and O–H groups in total. The lowest BCUT2D eigenvalue weighted by Crippen LogP contribution is -1.77. The van der Waals surface area contributed by atoms with Crippen molar-refractivity contribution in [3.63, 3.8) is 0 Å². The Labute approximate surface area is 74.4 Å². The molecule has 1 heterocycles. The summed E-state index contributed by atoms with van der Waals surface area (Å²) < 4.78 is 0. The fourth-order valence-corrected chi connectivity index (χ4v) is 1.35. The molecule has 0 aliphatic carbocycles. The van der Waals surface area contributed by atoms with Crippen molar-refractivity contribution < 1.29 is 5.11 Å². The lowest BCUT2D eigenvalue weighted by molar-refractivity contribution is 0.454. The van der Waals surface area contributed by atoms with Gasteiger partial charge in [-0.2, -0.15) is 0 Å². The normalized spacial score (nSPS) is 10.4. The van der Waals surface area contributed by atoms with Crippen LogP contribution in [0.15, 0.2) is 30.5 Å². The molecule has 0 atom stereocenters. The highest BCUT2D eigenvalue weighted by molar-refractivity contribution is 6.35. The smallest absolute Gasteiger partial charge is 0.211 e. The van der Waals surface area contributed by atoms with Crippen molar-refractivity contribution >= 4 is 22.4 Å². The second kappa shape index (κ2) is 2.64. The molecule has 60 valence electrons. The number of aromatic hydroxyl groups is 1. The maximum absolute atomic E-state index is 9.07. The highest BCUT2D eigenvalue weighted by Gasteiger charge is 1.98. The van der Waals surface area contributed by atoms with Crippen molar-refractivity contribution in [2.24, 2.45) is 0 Å². The summed E-state index contributed by atoms with van der Waals surface area (Å²) in [5.41, 5.74) is 0. The maximum atomic E-state index is 9.07. The van der Waals surface area contributed by atoms with Gasteiger partial charge in [-0.3, -0.25) is 0 Å². The van der Waals surface area contributed by atoms with Crippen LogP contribution in [0.2, 0.25) is 5.02 Å². The van der Waals surface area contributed by atoms with Gasteiger partial charge in [0.05, 0.1) is 0 Å². The topological polar surface area (TPSA) is 33.1 Å². The number of hydrogen-bond donors (Lipinski definition) is 1. The van der Waals surface area contributed by atoms with E-state index < -0.39 is 0 Å². The van der Waals surface area contributed by atoms with Crippen LogP contribution in [0.5, 0.6) is 5.88 Å². The zero-order valence-electron chi connectivity index (χ0n) is 6.16. The van der Waals surface area contributed by atoms with E-state index in [1.807, 2.05) is 12.1 Å². The number of fused-ring (bicyclic) bond motifs is 1. The highest BCUT2D eigenvalue weighted by Crippen LogP contribution is 2.24. The molecule has 1 aromatic heterocycles. The van der Waals surface area contributed by atoms with Crippen molar-refractivity contribution in [2.75, 3.05) is 0 Å². The zero-order valence-corrected chi connectivity index (χ0v) is 6.92. The third kappa shape index (κ3) is 1.10. The third-order valence-electron chi connectivity index (χ3n) is 1.70. The highest BCUT2D eigenvalue weighted by atomic mass is 35.5. The molecule has 12 heavy (non-hydrogen) atoms. The number of nitrogens with zero attached hydrogens (tertiary/aromatic N) is 1. The number of hydrogen-bond acceptors (Lipinski definition) is 2. The van der Waals surface area contributed by atoms with Gasteiger partial charge in [-0.1, -0.05) is 23.7 Å². The van der Waals surface area contributed by atoms with E-state index in [2.05, 4.69) is 4.98 Å². The van der Waals surface area contributed by atoms with E-state index in [0.717, 1.165) is 10.8 Å². The van der Waals surface area contributed by atoms with Crippen LogP contribution in [0, 0.1) is 0 Å². The second-order valence-electron chi connectivity index (χ2n) is 2.50. The minimum Gasteiger partial charge on any atom is -0.493 e. The Morgan fingerprint density at radius 2 is 2.17 bits per heavy atom. The Kier molecular flexibility index (Phi) is 1.62. The first kappa shape index (κ1) is 7.37. The predicted molar refractivity (Wildman–Crippen MR) is 48.4 cm³/mol. The molecular formula is C9H6ClNO. The van der Waals surface area contributed by atoms with E-state index in [1.54, 1.807) is 18.3 Å². The molecule has 0 aliphatic rings. The van der Waals surface area contributed by atoms with E-state index >= 15 is 0 Å². The standard InChI is InChI=1S/C9H6ClNO/c10-8-3-1-2-6-4-9(12)11-5-7(6)8/h1-5H,(H,11,12). The van der Waals surface area contributed by atoms with Gasteiger partial charge >= 0.3 is 0 Å². The zero-order chi connectivity index (χ0) is 8.55. The van der Waals surface area contributed by atoms with Gasteiger partial charge in [-0.25, -0.2) is 4.98 Å².